The van der Waals surface area contributed by atoms with Crippen molar-refractivity contribution in [2.24, 2.45) is 7.05 Å². The van der Waals surface area contributed by atoms with Gasteiger partial charge in [0.05, 0.1) is 6.61 Å². The Labute approximate surface area is 76.6 Å². The Morgan fingerprint density at radius 2 is 2.31 bits per heavy atom. The first-order chi connectivity index (χ1) is 6.22. The molecule has 2 rings (SSSR count). The van der Waals surface area contributed by atoms with Crippen LogP contribution in [0.2, 0.25) is 0 Å². The van der Waals surface area contributed by atoms with Crippen LogP contribution in [-0.2, 0) is 13.7 Å². The molecule has 3 nitrogen and oxygen atoms in total. The first kappa shape index (κ1) is 8.26. The third-order valence-electron chi connectivity index (χ3n) is 2.20. The summed E-state index contributed by atoms with van der Waals surface area (Å²) in [5.74, 6) is 0. The van der Waals surface area contributed by atoms with E-state index in [9.17, 15) is 0 Å². The Morgan fingerprint density at radius 1 is 1.54 bits per heavy atom. The number of nitrogens with zero attached hydrogens (tertiary/aromatic N) is 2. The van der Waals surface area contributed by atoms with Crippen molar-refractivity contribution in [3.05, 3.63) is 29.6 Å². The number of hydrogen-bond acceptors (Lipinski definition) is 2. The number of fused-ring (bicyclic) bond motifs is 1. The molecule has 0 aromatic carbocycles. The molecule has 0 aliphatic heterocycles. The van der Waals surface area contributed by atoms with E-state index in [0.29, 0.717) is 0 Å². The second-order valence-electron chi connectivity index (χ2n) is 3.31. The third kappa shape index (κ3) is 1.21. The van der Waals surface area contributed by atoms with Crippen LogP contribution in [0, 0.1) is 6.92 Å². The van der Waals surface area contributed by atoms with Crippen molar-refractivity contribution in [1.29, 1.82) is 0 Å². The molecule has 2 aromatic rings. The molecule has 0 fully saturated rings. The van der Waals surface area contributed by atoms with Gasteiger partial charge in [0.15, 0.2) is 0 Å². The van der Waals surface area contributed by atoms with E-state index in [1.165, 1.54) is 0 Å². The molecule has 0 radical (unpaired) electrons. The van der Waals surface area contributed by atoms with E-state index >= 15 is 0 Å². The fourth-order valence-electron chi connectivity index (χ4n) is 1.57. The van der Waals surface area contributed by atoms with Gasteiger partial charge in [-0.15, -0.1) is 0 Å². The van der Waals surface area contributed by atoms with Crippen molar-refractivity contribution in [2.75, 3.05) is 0 Å². The van der Waals surface area contributed by atoms with Crippen molar-refractivity contribution in [3.63, 3.8) is 0 Å². The normalized spacial score (nSPS) is 11.0. The largest absolute Gasteiger partial charge is 0.392 e. The molecule has 0 aliphatic carbocycles. The second kappa shape index (κ2) is 2.85. The SMILES string of the molecule is Cc1cnc2c(c1)c(CO)cn2C. The second-order valence-corrected chi connectivity index (χ2v) is 3.31. The summed E-state index contributed by atoms with van der Waals surface area (Å²) < 4.78 is 1.93. The number of rotatable bonds is 1. The van der Waals surface area contributed by atoms with Crippen molar-refractivity contribution >= 4 is 11.0 Å². The van der Waals surface area contributed by atoms with E-state index in [0.717, 1.165) is 22.2 Å². The summed E-state index contributed by atoms with van der Waals surface area (Å²) in [6.07, 6.45) is 3.75. The van der Waals surface area contributed by atoms with E-state index in [4.69, 9.17) is 5.11 Å². The average Bonchev–Trinajstić information content (AvgIpc) is 2.42. The van der Waals surface area contributed by atoms with Gasteiger partial charge >= 0.3 is 0 Å². The number of hydrogen-bond donors (Lipinski definition) is 1. The molecular weight excluding hydrogens is 164 g/mol. The highest BCUT2D eigenvalue weighted by molar-refractivity contribution is 5.80. The van der Waals surface area contributed by atoms with E-state index in [2.05, 4.69) is 4.98 Å². The summed E-state index contributed by atoms with van der Waals surface area (Å²) in [6.45, 7) is 2.07. The molecule has 3 heteroatoms. The lowest BCUT2D eigenvalue weighted by Crippen LogP contribution is -1.87. The van der Waals surface area contributed by atoms with Crippen LogP contribution in [0.25, 0.3) is 11.0 Å². The molecule has 0 bridgehead atoms. The Balaban J connectivity index is 2.81. The molecule has 0 saturated heterocycles. The number of aromatic nitrogens is 2. The minimum atomic E-state index is 0.0719. The van der Waals surface area contributed by atoms with E-state index in [1.807, 2.05) is 37.0 Å². The van der Waals surface area contributed by atoms with Gasteiger partial charge in [0, 0.05) is 30.4 Å². The highest BCUT2D eigenvalue weighted by atomic mass is 16.3. The zero-order valence-corrected chi connectivity index (χ0v) is 7.78. The lowest BCUT2D eigenvalue weighted by Gasteiger charge is -1.95. The lowest BCUT2D eigenvalue weighted by atomic mass is 10.2. The van der Waals surface area contributed by atoms with Crippen LogP contribution in [0.3, 0.4) is 0 Å². The molecule has 13 heavy (non-hydrogen) atoms. The summed E-state index contributed by atoms with van der Waals surface area (Å²) >= 11 is 0. The molecule has 1 N–H and O–H groups in total. The number of pyridine rings is 1. The zero-order chi connectivity index (χ0) is 9.42. The van der Waals surface area contributed by atoms with E-state index in [-0.39, 0.29) is 6.61 Å². The van der Waals surface area contributed by atoms with Gasteiger partial charge in [-0.3, -0.25) is 0 Å². The molecule has 0 atom stereocenters. The van der Waals surface area contributed by atoms with Crippen LogP contribution >= 0.6 is 0 Å². The molecule has 68 valence electrons. The quantitative estimate of drug-likeness (QED) is 0.712. The average molecular weight is 176 g/mol. The summed E-state index contributed by atoms with van der Waals surface area (Å²) in [5.41, 5.74) is 2.98. The first-order valence-electron chi connectivity index (χ1n) is 4.24. The smallest absolute Gasteiger partial charge is 0.139 e. The first-order valence-corrected chi connectivity index (χ1v) is 4.24. The fraction of sp³-hybridized carbons (Fsp3) is 0.300. The predicted molar refractivity (Wildman–Crippen MR) is 51.4 cm³/mol. The summed E-state index contributed by atoms with van der Waals surface area (Å²) in [7, 11) is 1.93. The summed E-state index contributed by atoms with van der Waals surface area (Å²) in [4.78, 5) is 4.30. The van der Waals surface area contributed by atoms with Gasteiger partial charge in [-0.2, -0.15) is 0 Å². The number of aryl methyl sites for hydroxylation is 2. The van der Waals surface area contributed by atoms with Gasteiger partial charge in [0.2, 0.25) is 0 Å². The van der Waals surface area contributed by atoms with Gasteiger partial charge in [-0.05, 0) is 18.6 Å². The van der Waals surface area contributed by atoms with Gasteiger partial charge in [0.1, 0.15) is 5.65 Å². The Hall–Kier alpha value is -1.35. The van der Waals surface area contributed by atoms with Crippen LogP contribution < -0.4 is 0 Å². The summed E-state index contributed by atoms with van der Waals surface area (Å²) in [5, 5.41) is 10.1. The Kier molecular flexibility index (Phi) is 1.81. The van der Waals surface area contributed by atoms with E-state index in [1.54, 1.807) is 0 Å². The minimum Gasteiger partial charge on any atom is -0.392 e. The minimum absolute atomic E-state index is 0.0719. The summed E-state index contributed by atoms with van der Waals surface area (Å²) in [6, 6.07) is 2.05. The Bertz CT molecular complexity index is 445. The number of aliphatic hydroxyl groups is 1. The van der Waals surface area contributed by atoms with E-state index < -0.39 is 0 Å². The van der Waals surface area contributed by atoms with Crippen molar-refractivity contribution < 1.29 is 5.11 Å². The molecule has 2 heterocycles. The van der Waals surface area contributed by atoms with Gasteiger partial charge in [0.25, 0.3) is 0 Å². The lowest BCUT2D eigenvalue weighted by molar-refractivity contribution is 0.283. The van der Waals surface area contributed by atoms with Crippen molar-refractivity contribution in [1.82, 2.24) is 9.55 Å². The molecular formula is C10H12N2O. The van der Waals surface area contributed by atoms with Crippen LogP contribution in [0.15, 0.2) is 18.5 Å². The zero-order valence-electron chi connectivity index (χ0n) is 7.78. The molecule has 0 saturated carbocycles. The highest BCUT2D eigenvalue weighted by Crippen LogP contribution is 2.19. The molecule has 0 amide bonds. The van der Waals surface area contributed by atoms with Crippen LogP contribution in [-0.4, -0.2) is 14.7 Å². The maximum atomic E-state index is 9.10. The van der Waals surface area contributed by atoms with Gasteiger partial charge < -0.3 is 9.67 Å². The molecule has 0 spiro atoms. The molecule has 2 aromatic heterocycles. The van der Waals surface area contributed by atoms with Gasteiger partial charge in [-0.25, -0.2) is 4.98 Å². The molecule has 0 unspecified atom stereocenters. The van der Waals surface area contributed by atoms with Crippen LogP contribution in [0.1, 0.15) is 11.1 Å². The highest BCUT2D eigenvalue weighted by Gasteiger charge is 2.05. The third-order valence-corrected chi connectivity index (χ3v) is 2.20. The maximum Gasteiger partial charge on any atom is 0.139 e. The predicted octanol–water partition coefficient (Wildman–Crippen LogP) is 1.37. The fourth-order valence-corrected chi connectivity index (χ4v) is 1.57. The maximum absolute atomic E-state index is 9.10. The van der Waals surface area contributed by atoms with Crippen LogP contribution in [0.4, 0.5) is 0 Å². The van der Waals surface area contributed by atoms with Gasteiger partial charge in [-0.1, -0.05) is 0 Å². The topological polar surface area (TPSA) is 38.1 Å². The monoisotopic (exact) mass is 176 g/mol. The standard InChI is InChI=1S/C10H12N2O/c1-7-3-9-8(6-13)5-12(2)10(9)11-4-7/h3-5,13H,6H2,1-2H3. The van der Waals surface area contributed by atoms with Crippen molar-refractivity contribution in [2.45, 2.75) is 13.5 Å². The molecule has 0 aliphatic rings. The Morgan fingerprint density at radius 3 is 3.00 bits per heavy atom. The number of aliphatic hydroxyl groups excluding tert-OH is 1. The van der Waals surface area contributed by atoms with Crippen LogP contribution in [0.5, 0.6) is 0 Å². The van der Waals surface area contributed by atoms with Crippen molar-refractivity contribution in [3.8, 4) is 0 Å².